The van der Waals surface area contributed by atoms with Crippen LogP contribution in [0.4, 0.5) is 4.79 Å². The molecule has 2 N–H and O–H groups in total. The third kappa shape index (κ3) is 5.06. The molecule has 2 amide bonds. The molecule has 1 saturated carbocycles. The number of nitrogens with one attached hydrogen (secondary N) is 1. The topological polar surface area (TPSA) is 69.6 Å². The van der Waals surface area contributed by atoms with E-state index < -0.39 is 5.97 Å². The molecular weight excluding hydrogens is 220 g/mol. The molecule has 0 aromatic rings. The highest BCUT2D eigenvalue weighted by Gasteiger charge is 2.21. The van der Waals surface area contributed by atoms with Gasteiger partial charge in [-0.05, 0) is 32.1 Å². The van der Waals surface area contributed by atoms with Crippen LogP contribution >= 0.6 is 0 Å². The largest absolute Gasteiger partial charge is 0.481 e. The maximum Gasteiger partial charge on any atom is 0.317 e. The molecule has 17 heavy (non-hydrogen) atoms. The Bertz CT molecular complexity index is 277. The van der Waals surface area contributed by atoms with Crippen LogP contribution in [0.5, 0.6) is 0 Å². The SMILES string of the molecule is CC(CCC(=O)O)NC(=O)N(C)CC1CCC1. The molecule has 5 heteroatoms. The molecule has 0 radical (unpaired) electrons. The summed E-state index contributed by atoms with van der Waals surface area (Å²) in [5.74, 6) is -0.172. The van der Waals surface area contributed by atoms with E-state index in [9.17, 15) is 9.59 Å². The summed E-state index contributed by atoms with van der Waals surface area (Å²) in [6.07, 6.45) is 4.26. The summed E-state index contributed by atoms with van der Waals surface area (Å²) in [5, 5.41) is 11.4. The van der Waals surface area contributed by atoms with Crippen molar-refractivity contribution in [3.8, 4) is 0 Å². The first kappa shape index (κ1) is 13.8. The number of aliphatic carboxylic acids is 1. The lowest BCUT2D eigenvalue weighted by atomic mass is 9.85. The Labute approximate surface area is 102 Å². The Balaban J connectivity index is 2.19. The van der Waals surface area contributed by atoms with E-state index in [0.717, 1.165) is 6.54 Å². The molecule has 0 heterocycles. The number of urea groups is 1. The summed E-state index contributed by atoms with van der Waals surface area (Å²) in [6.45, 7) is 2.63. The van der Waals surface area contributed by atoms with E-state index in [-0.39, 0.29) is 18.5 Å². The molecular formula is C12H22N2O3. The van der Waals surface area contributed by atoms with Gasteiger partial charge < -0.3 is 15.3 Å². The fourth-order valence-corrected chi connectivity index (χ4v) is 1.88. The number of amides is 2. The molecule has 0 saturated heterocycles. The Morgan fingerprint density at radius 1 is 1.47 bits per heavy atom. The van der Waals surface area contributed by atoms with Crippen molar-refractivity contribution in [1.29, 1.82) is 0 Å². The van der Waals surface area contributed by atoms with Gasteiger partial charge in [-0.25, -0.2) is 4.79 Å². The zero-order valence-electron chi connectivity index (χ0n) is 10.6. The van der Waals surface area contributed by atoms with E-state index in [1.807, 2.05) is 6.92 Å². The van der Waals surface area contributed by atoms with Crippen LogP contribution in [-0.2, 0) is 4.79 Å². The Morgan fingerprint density at radius 2 is 2.12 bits per heavy atom. The van der Waals surface area contributed by atoms with Gasteiger partial charge in [-0.1, -0.05) is 6.42 Å². The summed E-state index contributed by atoms with van der Waals surface area (Å²) in [6, 6.07) is -0.197. The Kier molecular flexibility index (Phi) is 5.25. The molecule has 1 atom stereocenters. The molecule has 98 valence electrons. The molecule has 0 aliphatic heterocycles. The van der Waals surface area contributed by atoms with Gasteiger partial charge in [0.25, 0.3) is 0 Å². The van der Waals surface area contributed by atoms with Crippen molar-refractivity contribution in [3.63, 3.8) is 0 Å². The van der Waals surface area contributed by atoms with Crippen molar-refractivity contribution in [2.24, 2.45) is 5.92 Å². The van der Waals surface area contributed by atoms with E-state index in [2.05, 4.69) is 5.32 Å². The highest BCUT2D eigenvalue weighted by atomic mass is 16.4. The van der Waals surface area contributed by atoms with Gasteiger partial charge in [0.05, 0.1) is 0 Å². The van der Waals surface area contributed by atoms with Gasteiger partial charge in [0.15, 0.2) is 0 Å². The number of rotatable bonds is 6. The summed E-state index contributed by atoms with van der Waals surface area (Å²) >= 11 is 0. The molecule has 1 unspecified atom stereocenters. The van der Waals surface area contributed by atoms with Crippen molar-refractivity contribution in [2.75, 3.05) is 13.6 Å². The first-order chi connectivity index (χ1) is 7.99. The van der Waals surface area contributed by atoms with E-state index in [1.165, 1.54) is 19.3 Å². The van der Waals surface area contributed by atoms with Crippen LogP contribution in [0, 0.1) is 5.92 Å². The van der Waals surface area contributed by atoms with Gasteiger partial charge in [-0.15, -0.1) is 0 Å². The fraction of sp³-hybridized carbons (Fsp3) is 0.833. The number of carbonyl (C=O) groups is 2. The van der Waals surface area contributed by atoms with Crippen molar-refractivity contribution < 1.29 is 14.7 Å². The van der Waals surface area contributed by atoms with Crippen molar-refractivity contribution in [1.82, 2.24) is 10.2 Å². The van der Waals surface area contributed by atoms with Crippen molar-refractivity contribution >= 4 is 12.0 Å². The maximum atomic E-state index is 11.7. The van der Waals surface area contributed by atoms with Gasteiger partial charge in [0.2, 0.25) is 0 Å². The molecule has 1 aliphatic carbocycles. The number of carboxylic acids is 1. The molecule has 0 spiro atoms. The number of carboxylic acid groups (broad SMARTS) is 1. The van der Waals surface area contributed by atoms with Gasteiger partial charge >= 0.3 is 12.0 Å². The lowest BCUT2D eigenvalue weighted by molar-refractivity contribution is -0.137. The number of carbonyl (C=O) groups excluding carboxylic acids is 1. The molecule has 0 aromatic heterocycles. The highest BCUT2D eigenvalue weighted by molar-refractivity contribution is 5.74. The molecule has 1 fully saturated rings. The average molecular weight is 242 g/mol. The van der Waals surface area contributed by atoms with Crippen LogP contribution in [0.15, 0.2) is 0 Å². The lowest BCUT2D eigenvalue weighted by Gasteiger charge is -2.30. The van der Waals surface area contributed by atoms with E-state index in [4.69, 9.17) is 5.11 Å². The third-order valence-corrected chi connectivity index (χ3v) is 3.26. The Hall–Kier alpha value is -1.26. The second-order valence-corrected chi connectivity index (χ2v) is 4.96. The molecule has 0 bridgehead atoms. The van der Waals surface area contributed by atoms with Crippen LogP contribution in [0.1, 0.15) is 39.0 Å². The second kappa shape index (κ2) is 6.47. The summed E-state index contributed by atoms with van der Waals surface area (Å²) in [4.78, 5) is 23.8. The van der Waals surface area contributed by atoms with Gasteiger partial charge in [0.1, 0.15) is 0 Å². The first-order valence-corrected chi connectivity index (χ1v) is 6.22. The molecule has 1 aliphatic rings. The van der Waals surface area contributed by atoms with Gasteiger partial charge in [-0.3, -0.25) is 4.79 Å². The Morgan fingerprint density at radius 3 is 2.59 bits per heavy atom. The third-order valence-electron chi connectivity index (χ3n) is 3.26. The van der Waals surface area contributed by atoms with Crippen LogP contribution in [0.3, 0.4) is 0 Å². The van der Waals surface area contributed by atoms with E-state index >= 15 is 0 Å². The minimum Gasteiger partial charge on any atom is -0.481 e. The van der Waals surface area contributed by atoms with E-state index in [0.29, 0.717) is 12.3 Å². The molecule has 5 nitrogen and oxygen atoms in total. The summed E-state index contributed by atoms with van der Waals surface area (Å²) < 4.78 is 0. The summed E-state index contributed by atoms with van der Waals surface area (Å²) in [5.41, 5.74) is 0. The zero-order valence-corrected chi connectivity index (χ0v) is 10.6. The normalized spacial score (nSPS) is 17.1. The quantitative estimate of drug-likeness (QED) is 0.744. The second-order valence-electron chi connectivity index (χ2n) is 4.96. The van der Waals surface area contributed by atoms with Crippen LogP contribution in [-0.4, -0.2) is 41.6 Å². The van der Waals surface area contributed by atoms with Gasteiger partial charge in [0, 0.05) is 26.1 Å². The maximum absolute atomic E-state index is 11.7. The minimum atomic E-state index is -0.825. The van der Waals surface area contributed by atoms with Crippen LogP contribution < -0.4 is 5.32 Å². The number of hydrogen-bond acceptors (Lipinski definition) is 2. The van der Waals surface area contributed by atoms with Crippen LogP contribution in [0.25, 0.3) is 0 Å². The molecule has 1 rings (SSSR count). The predicted octanol–water partition coefficient (Wildman–Crippen LogP) is 1.68. The number of nitrogens with zero attached hydrogens (tertiary/aromatic N) is 1. The highest BCUT2D eigenvalue weighted by Crippen LogP contribution is 2.26. The lowest BCUT2D eigenvalue weighted by Crippen LogP contribution is -2.44. The minimum absolute atomic E-state index is 0.0911. The van der Waals surface area contributed by atoms with Crippen molar-refractivity contribution in [3.05, 3.63) is 0 Å². The fourth-order valence-electron chi connectivity index (χ4n) is 1.88. The van der Waals surface area contributed by atoms with Gasteiger partial charge in [-0.2, -0.15) is 0 Å². The van der Waals surface area contributed by atoms with Crippen LogP contribution in [0.2, 0.25) is 0 Å². The standard InChI is InChI=1S/C12H22N2O3/c1-9(6-7-11(15)16)13-12(17)14(2)8-10-4-3-5-10/h9-10H,3-8H2,1-2H3,(H,13,17)(H,15,16). The average Bonchev–Trinajstić information content (AvgIpc) is 2.20. The first-order valence-electron chi connectivity index (χ1n) is 6.22. The number of hydrogen-bond donors (Lipinski definition) is 2. The predicted molar refractivity (Wildman–Crippen MR) is 64.8 cm³/mol. The van der Waals surface area contributed by atoms with E-state index in [1.54, 1.807) is 11.9 Å². The van der Waals surface area contributed by atoms with Crippen molar-refractivity contribution in [2.45, 2.75) is 45.1 Å². The molecule has 0 aromatic carbocycles. The monoisotopic (exact) mass is 242 g/mol. The smallest absolute Gasteiger partial charge is 0.317 e. The zero-order chi connectivity index (χ0) is 12.8. The summed E-state index contributed by atoms with van der Waals surface area (Å²) in [7, 11) is 1.79.